The van der Waals surface area contributed by atoms with E-state index in [9.17, 15) is 9.59 Å². The summed E-state index contributed by atoms with van der Waals surface area (Å²) in [7, 11) is 1.90. The fourth-order valence-electron chi connectivity index (χ4n) is 2.32. The first-order chi connectivity index (χ1) is 12.0. The molecule has 0 radical (unpaired) electrons. The Hall–Kier alpha value is -2.19. The van der Waals surface area contributed by atoms with Crippen LogP contribution in [-0.4, -0.2) is 46.1 Å². The molecule has 1 aromatic heterocycles. The Morgan fingerprint density at radius 1 is 1.48 bits per heavy atom. The molecule has 9 heteroatoms. The normalized spacial score (nSPS) is 13.8. The van der Waals surface area contributed by atoms with Crippen LogP contribution in [0.3, 0.4) is 0 Å². The van der Waals surface area contributed by atoms with E-state index in [1.807, 2.05) is 23.9 Å². The summed E-state index contributed by atoms with van der Waals surface area (Å²) in [6.45, 7) is 1.22. The van der Waals surface area contributed by atoms with E-state index < -0.39 is 0 Å². The Bertz CT molecular complexity index is 795. The van der Waals surface area contributed by atoms with Gasteiger partial charge in [-0.05, 0) is 30.0 Å². The van der Waals surface area contributed by atoms with Gasteiger partial charge in [0.05, 0.1) is 12.2 Å². The first kappa shape index (κ1) is 17.6. The zero-order valence-corrected chi connectivity index (χ0v) is 15.1. The van der Waals surface area contributed by atoms with Gasteiger partial charge >= 0.3 is 6.09 Å². The van der Waals surface area contributed by atoms with Gasteiger partial charge in [0.15, 0.2) is 5.16 Å². The van der Waals surface area contributed by atoms with E-state index in [4.69, 9.17) is 16.3 Å². The van der Waals surface area contributed by atoms with E-state index in [1.165, 1.54) is 16.7 Å². The van der Waals surface area contributed by atoms with Gasteiger partial charge in [-0.2, -0.15) is 0 Å². The van der Waals surface area contributed by atoms with Gasteiger partial charge in [-0.3, -0.25) is 4.79 Å². The van der Waals surface area contributed by atoms with Crippen molar-refractivity contribution in [3.05, 3.63) is 35.6 Å². The van der Waals surface area contributed by atoms with Crippen LogP contribution in [0.5, 0.6) is 0 Å². The summed E-state index contributed by atoms with van der Waals surface area (Å²) in [5.74, 6) is -0.191. The first-order valence-electron chi connectivity index (χ1n) is 7.69. The number of carbonyl (C=O) groups is 2. The number of amides is 2. The smallest absolute Gasteiger partial charge is 0.409 e. The number of ether oxygens (including phenoxy) is 1. The fraction of sp³-hybridized carbons (Fsp3) is 0.312. The monoisotopic (exact) mass is 380 g/mol. The van der Waals surface area contributed by atoms with Gasteiger partial charge in [-0.25, -0.2) is 9.78 Å². The lowest BCUT2D eigenvalue weighted by Crippen LogP contribution is -2.28. The summed E-state index contributed by atoms with van der Waals surface area (Å²) in [4.78, 5) is 30.3. The largest absolute Gasteiger partial charge is 0.448 e. The van der Waals surface area contributed by atoms with Crippen LogP contribution in [0.25, 0.3) is 0 Å². The van der Waals surface area contributed by atoms with Crippen molar-refractivity contribution in [1.82, 2.24) is 14.5 Å². The molecule has 2 amide bonds. The van der Waals surface area contributed by atoms with Gasteiger partial charge in [-0.15, -0.1) is 0 Å². The number of rotatable bonds is 6. The van der Waals surface area contributed by atoms with Crippen LogP contribution in [0.1, 0.15) is 6.42 Å². The van der Waals surface area contributed by atoms with Crippen molar-refractivity contribution in [3.8, 4) is 0 Å². The lowest BCUT2D eigenvalue weighted by atomic mass is 10.3. The van der Waals surface area contributed by atoms with E-state index in [-0.39, 0.29) is 18.4 Å². The van der Waals surface area contributed by atoms with Crippen molar-refractivity contribution < 1.29 is 14.3 Å². The summed E-state index contributed by atoms with van der Waals surface area (Å²) >= 11 is 7.50. The minimum atomic E-state index is -0.374. The number of halogens is 1. The van der Waals surface area contributed by atoms with Gasteiger partial charge < -0.3 is 19.5 Å². The average molecular weight is 381 g/mol. The highest BCUT2D eigenvalue weighted by Crippen LogP contribution is 2.34. The first-order valence-corrected chi connectivity index (χ1v) is 8.88. The highest BCUT2D eigenvalue weighted by molar-refractivity contribution is 7.99. The molecule has 3 rings (SSSR count). The number of aryl methyl sites for hydroxylation is 1. The van der Waals surface area contributed by atoms with Crippen LogP contribution in [0.2, 0.25) is 5.02 Å². The minimum Gasteiger partial charge on any atom is -0.448 e. The van der Waals surface area contributed by atoms with Gasteiger partial charge in [0, 0.05) is 42.3 Å². The molecule has 7 nitrogen and oxygen atoms in total. The fourth-order valence-corrected chi connectivity index (χ4v) is 3.36. The Balaban J connectivity index is 1.66. The number of imidazole rings is 1. The molecule has 2 heterocycles. The van der Waals surface area contributed by atoms with Gasteiger partial charge in [0.25, 0.3) is 0 Å². The lowest BCUT2D eigenvalue weighted by Gasteiger charge is -2.14. The van der Waals surface area contributed by atoms with Crippen molar-refractivity contribution in [3.63, 3.8) is 0 Å². The van der Waals surface area contributed by atoms with Crippen molar-refractivity contribution in [2.45, 2.75) is 16.5 Å². The van der Waals surface area contributed by atoms with Crippen molar-refractivity contribution in [2.75, 3.05) is 25.0 Å². The minimum absolute atomic E-state index is 0.189. The van der Waals surface area contributed by atoms with Crippen LogP contribution in [0.15, 0.2) is 40.6 Å². The number of nitrogens with one attached hydrogen (secondary N) is 1. The number of cyclic esters (lactones) is 1. The van der Waals surface area contributed by atoms with Crippen LogP contribution >= 0.6 is 23.4 Å². The second kappa shape index (κ2) is 7.79. The highest BCUT2D eigenvalue weighted by Gasteiger charge is 2.22. The summed E-state index contributed by atoms with van der Waals surface area (Å²) in [6, 6.07) is 5.31. The van der Waals surface area contributed by atoms with Crippen molar-refractivity contribution in [2.24, 2.45) is 7.05 Å². The molecule has 132 valence electrons. The molecule has 1 N–H and O–H groups in total. The third-order valence-electron chi connectivity index (χ3n) is 3.65. The molecule has 0 aliphatic carbocycles. The molecular formula is C16H17ClN4O3S. The Morgan fingerprint density at radius 2 is 2.32 bits per heavy atom. The highest BCUT2D eigenvalue weighted by atomic mass is 35.5. The summed E-state index contributed by atoms with van der Waals surface area (Å²) < 4.78 is 6.74. The van der Waals surface area contributed by atoms with Gasteiger partial charge in [0.1, 0.15) is 6.61 Å². The molecular weight excluding hydrogens is 364 g/mol. The van der Waals surface area contributed by atoms with Crippen molar-refractivity contribution in [1.29, 1.82) is 0 Å². The van der Waals surface area contributed by atoms with Crippen LogP contribution in [0, 0.1) is 0 Å². The van der Waals surface area contributed by atoms with Crippen LogP contribution in [0.4, 0.5) is 10.5 Å². The number of benzene rings is 1. The molecule has 1 fully saturated rings. The maximum atomic E-state index is 12.2. The predicted octanol–water partition coefficient (Wildman–Crippen LogP) is 3.01. The van der Waals surface area contributed by atoms with E-state index >= 15 is 0 Å². The number of hydrogen-bond donors (Lipinski definition) is 1. The van der Waals surface area contributed by atoms with Crippen molar-refractivity contribution >= 4 is 41.1 Å². The van der Waals surface area contributed by atoms with Gasteiger partial charge in [-0.1, -0.05) is 11.6 Å². The number of anilines is 1. The molecule has 0 bridgehead atoms. The summed E-state index contributed by atoms with van der Waals surface area (Å²) in [6.07, 6.45) is 3.38. The van der Waals surface area contributed by atoms with Gasteiger partial charge in [0.2, 0.25) is 5.91 Å². The third kappa shape index (κ3) is 4.46. The lowest BCUT2D eigenvalue weighted by molar-refractivity contribution is -0.116. The van der Waals surface area contributed by atoms with E-state index in [2.05, 4.69) is 10.3 Å². The molecule has 0 spiro atoms. The molecule has 25 heavy (non-hydrogen) atoms. The molecule has 1 aromatic carbocycles. The third-order valence-corrected chi connectivity index (χ3v) is 5.03. The second-order valence-electron chi connectivity index (χ2n) is 5.46. The number of carbonyl (C=O) groups excluding carboxylic acids is 2. The Kier molecular flexibility index (Phi) is 5.50. The Morgan fingerprint density at radius 3 is 3.00 bits per heavy atom. The summed E-state index contributed by atoms with van der Waals surface area (Å²) in [5.41, 5.74) is 0.620. The van der Waals surface area contributed by atoms with E-state index in [1.54, 1.807) is 18.3 Å². The van der Waals surface area contributed by atoms with Crippen LogP contribution in [-0.2, 0) is 16.6 Å². The van der Waals surface area contributed by atoms with E-state index in [0.29, 0.717) is 30.4 Å². The molecule has 0 unspecified atom stereocenters. The second-order valence-corrected chi connectivity index (χ2v) is 6.91. The topological polar surface area (TPSA) is 76.5 Å². The SMILES string of the molecule is Cn1ccnc1Sc1ccc(Cl)cc1NC(=O)CCN1CCOC1=O. The molecule has 0 atom stereocenters. The molecule has 1 saturated heterocycles. The maximum Gasteiger partial charge on any atom is 0.409 e. The quantitative estimate of drug-likeness (QED) is 0.833. The number of nitrogens with zero attached hydrogens (tertiary/aromatic N) is 3. The maximum absolute atomic E-state index is 12.2. The molecule has 1 aliphatic heterocycles. The Labute approximate surface area is 154 Å². The van der Waals surface area contributed by atoms with E-state index in [0.717, 1.165) is 10.1 Å². The standard InChI is InChI=1S/C16H17ClN4O3S/c1-20-7-5-18-15(20)25-13-3-2-11(17)10-12(13)19-14(22)4-6-21-8-9-24-16(21)23/h2-3,5,7,10H,4,6,8-9H2,1H3,(H,19,22). The van der Waals surface area contributed by atoms with Crippen LogP contribution < -0.4 is 5.32 Å². The predicted molar refractivity (Wildman–Crippen MR) is 95.0 cm³/mol. The molecule has 0 saturated carbocycles. The number of hydrogen-bond acceptors (Lipinski definition) is 5. The average Bonchev–Trinajstić information content (AvgIpc) is 3.16. The summed E-state index contributed by atoms with van der Waals surface area (Å²) in [5, 5.41) is 4.20. The zero-order chi connectivity index (χ0) is 17.8. The molecule has 1 aliphatic rings. The molecule has 2 aromatic rings. The number of aromatic nitrogens is 2. The zero-order valence-electron chi connectivity index (χ0n) is 13.6.